The first-order valence-electron chi connectivity index (χ1n) is 6.32. The number of ether oxygens (including phenoxy) is 1. The van der Waals surface area contributed by atoms with Crippen molar-refractivity contribution in [3.63, 3.8) is 0 Å². The minimum atomic E-state index is -1.23. The summed E-state index contributed by atoms with van der Waals surface area (Å²) in [5.74, 6) is -2.20. The van der Waals surface area contributed by atoms with Gasteiger partial charge in [0.25, 0.3) is 0 Å². The first kappa shape index (κ1) is 15.5. The van der Waals surface area contributed by atoms with Crippen LogP contribution < -0.4 is 4.74 Å². The third-order valence-electron chi connectivity index (χ3n) is 3.00. The average molecular weight is 357 g/mol. The summed E-state index contributed by atoms with van der Waals surface area (Å²) in [6.45, 7) is 4.42. The zero-order chi connectivity index (χ0) is 15.6. The molecule has 0 aliphatic carbocycles. The van der Waals surface area contributed by atoms with Gasteiger partial charge in [-0.1, -0.05) is 6.07 Å². The van der Waals surface area contributed by atoms with E-state index in [1.54, 1.807) is 4.68 Å². The number of halogens is 2. The molecule has 0 aliphatic rings. The van der Waals surface area contributed by atoms with Crippen LogP contribution in [-0.2, 0) is 13.2 Å². The third kappa shape index (κ3) is 3.07. The molecule has 0 spiro atoms. The summed E-state index contributed by atoms with van der Waals surface area (Å²) in [7, 11) is 0. The Morgan fingerprint density at radius 3 is 2.86 bits per heavy atom. The molecule has 5 nitrogen and oxygen atoms in total. The summed E-state index contributed by atoms with van der Waals surface area (Å²) in [6, 6.07) is 3.80. The van der Waals surface area contributed by atoms with Crippen LogP contribution in [0.2, 0.25) is 0 Å². The van der Waals surface area contributed by atoms with E-state index in [0.29, 0.717) is 6.54 Å². The molecule has 0 fully saturated rings. The van der Waals surface area contributed by atoms with Crippen molar-refractivity contribution in [1.82, 2.24) is 9.78 Å². The summed E-state index contributed by atoms with van der Waals surface area (Å²) in [5, 5.41) is 13.4. The van der Waals surface area contributed by atoms with Gasteiger partial charge in [-0.2, -0.15) is 5.10 Å². The standard InChI is InChI=1S/C14H14BrFN2O3/c1-3-18-11(12(15)8(2)17-18)7-21-13-9(14(19)20)5-4-6-10(13)16/h4-6H,3,7H2,1-2H3,(H,19,20). The second kappa shape index (κ2) is 6.26. The molecule has 1 aromatic heterocycles. The van der Waals surface area contributed by atoms with Gasteiger partial charge in [0, 0.05) is 6.54 Å². The molecule has 7 heteroatoms. The van der Waals surface area contributed by atoms with Crippen molar-refractivity contribution >= 4 is 21.9 Å². The number of carboxylic acid groups (broad SMARTS) is 1. The lowest BCUT2D eigenvalue weighted by Crippen LogP contribution is -2.09. The normalized spacial score (nSPS) is 10.7. The quantitative estimate of drug-likeness (QED) is 0.891. The zero-order valence-corrected chi connectivity index (χ0v) is 13.1. The Bertz CT molecular complexity index is 685. The van der Waals surface area contributed by atoms with Crippen molar-refractivity contribution in [1.29, 1.82) is 0 Å². The van der Waals surface area contributed by atoms with E-state index in [1.807, 2.05) is 13.8 Å². The summed E-state index contributed by atoms with van der Waals surface area (Å²) in [5.41, 5.74) is 1.32. The number of aromatic nitrogens is 2. The lowest BCUT2D eigenvalue weighted by Gasteiger charge is -2.11. The predicted octanol–water partition coefficient (Wildman–Crippen LogP) is 3.39. The highest BCUT2D eigenvalue weighted by Gasteiger charge is 2.18. The Morgan fingerprint density at radius 1 is 1.52 bits per heavy atom. The predicted molar refractivity (Wildman–Crippen MR) is 78.0 cm³/mol. The number of carbonyl (C=O) groups is 1. The number of benzene rings is 1. The van der Waals surface area contributed by atoms with Crippen LogP contribution in [0.15, 0.2) is 22.7 Å². The Kier molecular flexibility index (Phi) is 4.62. The topological polar surface area (TPSA) is 64.4 Å². The maximum atomic E-state index is 13.8. The highest BCUT2D eigenvalue weighted by molar-refractivity contribution is 9.10. The van der Waals surface area contributed by atoms with Crippen molar-refractivity contribution in [2.75, 3.05) is 0 Å². The largest absolute Gasteiger partial charge is 0.483 e. The molecule has 0 saturated heterocycles. The first-order chi connectivity index (χ1) is 9.95. The van der Waals surface area contributed by atoms with Gasteiger partial charge in [0.15, 0.2) is 11.6 Å². The molecule has 0 bridgehead atoms. The summed E-state index contributed by atoms with van der Waals surface area (Å²) in [6.07, 6.45) is 0. The third-order valence-corrected chi connectivity index (χ3v) is 4.03. The highest BCUT2D eigenvalue weighted by Crippen LogP contribution is 2.26. The molecule has 112 valence electrons. The van der Waals surface area contributed by atoms with Crippen LogP contribution in [0.25, 0.3) is 0 Å². The molecule has 0 aliphatic heterocycles. The van der Waals surface area contributed by atoms with Crippen LogP contribution in [0.4, 0.5) is 4.39 Å². The number of aromatic carboxylic acids is 1. The van der Waals surface area contributed by atoms with Gasteiger partial charge < -0.3 is 9.84 Å². The second-order valence-corrected chi connectivity index (χ2v) is 5.17. The lowest BCUT2D eigenvalue weighted by atomic mass is 10.2. The fourth-order valence-electron chi connectivity index (χ4n) is 1.97. The van der Waals surface area contributed by atoms with Crippen molar-refractivity contribution in [3.8, 4) is 5.75 Å². The number of rotatable bonds is 5. The molecule has 0 atom stereocenters. The van der Waals surface area contributed by atoms with Crippen LogP contribution >= 0.6 is 15.9 Å². The molecule has 0 unspecified atom stereocenters. The molecule has 0 radical (unpaired) electrons. The van der Waals surface area contributed by atoms with Gasteiger partial charge in [-0.15, -0.1) is 0 Å². The smallest absolute Gasteiger partial charge is 0.339 e. The molecule has 2 aromatic rings. The van der Waals surface area contributed by atoms with Crippen molar-refractivity contribution in [2.24, 2.45) is 0 Å². The van der Waals surface area contributed by atoms with Crippen molar-refractivity contribution in [3.05, 3.63) is 45.4 Å². The van der Waals surface area contributed by atoms with Gasteiger partial charge in [-0.3, -0.25) is 4.68 Å². The Morgan fingerprint density at radius 2 is 2.24 bits per heavy atom. The van der Waals surface area contributed by atoms with Crippen LogP contribution in [-0.4, -0.2) is 20.9 Å². The molecule has 1 aromatic carbocycles. The van der Waals surface area contributed by atoms with E-state index in [2.05, 4.69) is 21.0 Å². The van der Waals surface area contributed by atoms with E-state index in [-0.39, 0.29) is 17.9 Å². The molecular formula is C14H14BrFN2O3. The average Bonchev–Trinajstić information content (AvgIpc) is 2.72. The van der Waals surface area contributed by atoms with E-state index in [4.69, 9.17) is 9.84 Å². The van der Waals surface area contributed by atoms with Crippen molar-refractivity contribution < 1.29 is 19.0 Å². The van der Waals surface area contributed by atoms with Crippen LogP contribution in [0.5, 0.6) is 5.75 Å². The first-order valence-corrected chi connectivity index (χ1v) is 7.11. The maximum absolute atomic E-state index is 13.8. The Labute approximate surface area is 129 Å². The SMILES string of the molecule is CCn1nc(C)c(Br)c1COc1c(F)cccc1C(=O)O. The summed E-state index contributed by atoms with van der Waals surface area (Å²) < 4.78 is 21.7. The number of carboxylic acids is 1. The highest BCUT2D eigenvalue weighted by atomic mass is 79.9. The van der Waals surface area contributed by atoms with Gasteiger partial charge in [-0.25, -0.2) is 9.18 Å². The molecule has 21 heavy (non-hydrogen) atoms. The Balaban J connectivity index is 2.31. The minimum absolute atomic E-state index is 0.0243. The fraction of sp³-hybridized carbons (Fsp3) is 0.286. The number of hydrogen-bond acceptors (Lipinski definition) is 3. The van der Waals surface area contributed by atoms with Gasteiger partial charge in [0.1, 0.15) is 12.2 Å². The summed E-state index contributed by atoms with van der Waals surface area (Å²) in [4.78, 5) is 11.1. The molecular weight excluding hydrogens is 343 g/mol. The molecule has 0 saturated carbocycles. The molecule has 1 heterocycles. The lowest BCUT2D eigenvalue weighted by molar-refractivity contribution is 0.0690. The molecule has 2 rings (SSSR count). The van der Waals surface area contributed by atoms with Gasteiger partial charge in [-0.05, 0) is 41.9 Å². The van der Waals surface area contributed by atoms with E-state index >= 15 is 0 Å². The zero-order valence-electron chi connectivity index (χ0n) is 11.6. The number of para-hydroxylation sites is 1. The van der Waals surface area contributed by atoms with Crippen LogP contribution in [0, 0.1) is 12.7 Å². The van der Waals surface area contributed by atoms with E-state index in [0.717, 1.165) is 15.9 Å². The van der Waals surface area contributed by atoms with E-state index < -0.39 is 11.8 Å². The minimum Gasteiger partial charge on any atom is -0.483 e. The maximum Gasteiger partial charge on any atom is 0.339 e. The Hall–Kier alpha value is -1.89. The monoisotopic (exact) mass is 356 g/mol. The number of nitrogens with zero attached hydrogens (tertiary/aromatic N) is 2. The van der Waals surface area contributed by atoms with Gasteiger partial charge in [0.05, 0.1) is 15.9 Å². The number of aryl methyl sites for hydroxylation is 2. The second-order valence-electron chi connectivity index (χ2n) is 4.37. The fourth-order valence-corrected chi connectivity index (χ4v) is 2.37. The number of hydrogen-bond donors (Lipinski definition) is 1. The van der Waals surface area contributed by atoms with Crippen molar-refractivity contribution in [2.45, 2.75) is 27.0 Å². The van der Waals surface area contributed by atoms with Crippen LogP contribution in [0.3, 0.4) is 0 Å². The van der Waals surface area contributed by atoms with Gasteiger partial charge >= 0.3 is 5.97 Å². The molecule has 1 N–H and O–H groups in total. The summed E-state index contributed by atoms with van der Waals surface area (Å²) >= 11 is 3.41. The van der Waals surface area contributed by atoms with Gasteiger partial charge in [0.2, 0.25) is 0 Å². The van der Waals surface area contributed by atoms with E-state index in [9.17, 15) is 9.18 Å². The molecule has 0 amide bonds. The van der Waals surface area contributed by atoms with E-state index in [1.165, 1.54) is 18.2 Å². The van der Waals surface area contributed by atoms with Crippen LogP contribution in [0.1, 0.15) is 28.7 Å².